The van der Waals surface area contributed by atoms with Crippen molar-refractivity contribution in [3.63, 3.8) is 0 Å². The van der Waals surface area contributed by atoms with Crippen LogP contribution in [-0.4, -0.2) is 5.11 Å². The van der Waals surface area contributed by atoms with Gasteiger partial charge in [-0.2, -0.15) is 0 Å². The quantitative estimate of drug-likeness (QED) is 0.793. The van der Waals surface area contributed by atoms with Crippen molar-refractivity contribution in [3.05, 3.63) is 58.6 Å². The molecule has 0 heterocycles. The fourth-order valence-electron chi connectivity index (χ4n) is 1.56. The van der Waals surface area contributed by atoms with Gasteiger partial charge in [-0.1, -0.05) is 40.2 Å². The first-order valence-corrected chi connectivity index (χ1v) is 6.74. The smallest absolute Gasteiger partial charge is 0.175 e. The van der Waals surface area contributed by atoms with Gasteiger partial charge in [-0.15, -0.1) is 0 Å². The van der Waals surface area contributed by atoms with Crippen molar-refractivity contribution in [2.24, 2.45) is 0 Å². The molecule has 0 aliphatic carbocycles. The van der Waals surface area contributed by atoms with Crippen molar-refractivity contribution in [3.8, 4) is 0 Å². The van der Waals surface area contributed by atoms with Gasteiger partial charge in [0.1, 0.15) is 0 Å². The zero-order valence-corrected chi connectivity index (χ0v) is 12.3. The third-order valence-electron chi connectivity index (χ3n) is 2.48. The van der Waals surface area contributed by atoms with E-state index in [0.717, 1.165) is 21.4 Å². The van der Waals surface area contributed by atoms with Crippen LogP contribution in [0.5, 0.6) is 0 Å². The molecule has 0 saturated heterocycles. The van der Waals surface area contributed by atoms with Crippen LogP contribution in [0.4, 0.5) is 11.4 Å². The van der Waals surface area contributed by atoms with Gasteiger partial charge in [0, 0.05) is 15.8 Å². The summed E-state index contributed by atoms with van der Waals surface area (Å²) in [4.78, 5) is 0. The average Bonchev–Trinajstić information content (AvgIpc) is 2.32. The maximum atomic E-state index is 5.28. The zero-order valence-electron chi connectivity index (χ0n) is 9.91. The minimum Gasteiger partial charge on any atom is -0.332 e. The van der Waals surface area contributed by atoms with E-state index >= 15 is 0 Å². The molecule has 0 fully saturated rings. The highest BCUT2D eigenvalue weighted by molar-refractivity contribution is 9.10. The van der Waals surface area contributed by atoms with E-state index in [4.69, 9.17) is 12.2 Å². The lowest BCUT2D eigenvalue weighted by atomic mass is 10.2. The maximum Gasteiger partial charge on any atom is 0.175 e. The number of aryl methyl sites for hydroxylation is 1. The maximum absolute atomic E-state index is 5.28. The number of nitrogens with one attached hydrogen (secondary N) is 2. The van der Waals surface area contributed by atoms with Crippen LogP contribution in [0.2, 0.25) is 0 Å². The Bertz CT molecular complexity index is 569. The van der Waals surface area contributed by atoms with Crippen LogP contribution in [0.3, 0.4) is 0 Å². The van der Waals surface area contributed by atoms with Crippen LogP contribution in [0, 0.1) is 6.92 Å². The molecule has 0 spiro atoms. The lowest BCUT2D eigenvalue weighted by Crippen LogP contribution is -2.19. The molecule has 0 saturated carbocycles. The van der Waals surface area contributed by atoms with Crippen molar-refractivity contribution >= 4 is 44.6 Å². The van der Waals surface area contributed by atoms with E-state index in [2.05, 4.69) is 26.6 Å². The predicted molar refractivity (Wildman–Crippen MR) is 85.2 cm³/mol. The molecule has 92 valence electrons. The molecular weight excluding hydrogens is 308 g/mol. The summed E-state index contributed by atoms with van der Waals surface area (Å²) in [5, 5.41) is 6.92. The Balaban J connectivity index is 2.03. The molecule has 0 aliphatic heterocycles. The van der Waals surface area contributed by atoms with E-state index in [0.29, 0.717) is 5.11 Å². The first kappa shape index (κ1) is 13.1. The highest BCUT2D eigenvalue weighted by atomic mass is 79.9. The first-order chi connectivity index (χ1) is 8.65. The Hall–Kier alpha value is -1.39. The second-order valence-corrected chi connectivity index (χ2v) is 5.23. The monoisotopic (exact) mass is 320 g/mol. The number of benzene rings is 2. The van der Waals surface area contributed by atoms with Crippen LogP contribution in [0.15, 0.2) is 53.0 Å². The number of hydrogen-bond donors (Lipinski definition) is 2. The minimum atomic E-state index is 0.586. The molecule has 0 aromatic heterocycles. The Kier molecular flexibility index (Phi) is 4.33. The number of thiocarbonyl (C=S) groups is 1. The summed E-state index contributed by atoms with van der Waals surface area (Å²) >= 11 is 8.71. The molecule has 2 nitrogen and oxygen atoms in total. The number of rotatable bonds is 2. The Labute approximate surface area is 121 Å². The molecule has 0 bridgehead atoms. The lowest BCUT2D eigenvalue weighted by molar-refractivity contribution is 1.45. The van der Waals surface area contributed by atoms with Crippen LogP contribution in [0.25, 0.3) is 0 Å². The van der Waals surface area contributed by atoms with E-state index in [1.54, 1.807) is 0 Å². The third kappa shape index (κ3) is 3.55. The molecule has 0 unspecified atom stereocenters. The summed E-state index contributed by atoms with van der Waals surface area (Å²) in [6.07, 6.45) is 0. The van der Waals surface area contributed by atoms with Gasteiger partial charge in [-0.25, -0.2) is 0 Å². The minimum absolute atomic E-state index is 0.586. The van der Waals surface area contributed by atoms with Crippen LogP contribution in [0.1, 0.15) is 5.56 Å². The molecule has 2 aromatic rings. The van der Waals surface area contributed by atoms with Gasteiger partial charge in [0.05, 0.1) is 0 Å². The van der Waals surface area contributed by atoms with Crippen molar-refractivity contribution in [2.75, 3.05) is 10.6 Å². The molecule has 0 amide bonds. The van der Waals surface area contributed by atoms with Crippen LogP contribution < -0.4 is 10.6 Å². The summed E-state index contributed by atoms with van der Waals surface area (Å²) in [5.74, 6) is 0. The van der Waals surface area contributed by atoms with Gasteiger partial charge >= 0.3 is 0 Å². The third-order valence-corrected chi connectivity index (χ3v) is 3.17. The molecule has 2 rings (SSSR count). The second kappa shape index (κ2) is 5.98. The van der Waals surface area contributed by atoms with Gasteiger partial charge in [0.15, 0.2) is 5.11 Å². The van der Waals surface area contributed by atoms with Crippen molar-refractivity contribution in [1.29, 1.82) is 0 Å². The predicted octanol–water partition coefficient (Wildman–Crippen LogP) is 4.57. The summed E-state index contributed by atoms with van der Waals surface area (Å²) < 4.78 is 1.02. The van der Waals surface area contributed by atoms with E-state index in [1.165, 1.54) is 0 Å². The summed E-state index contributed by atoms with van der Waals surface area (Å²) in [7, 11) is 0. The van der Waals surface area contributed by atoms with Crippen LogP contribution >= 0.6 is 28.1 Å². The Morgan fingerprint density at radius 1 is 1.06 bits per heavy atom. The molecule has 0 radical (unpaired) electrons. The Morgan fingerprint density at radius 2 is 1.83 bits per heavy atom. The van der Waals surface area contributed by atoms with Crippen molar-refractivity contribution in [2.45, 2.75) is 6.92 Å². The standard InChI is InChI=1S/C14H13BrN2S/c1-10-5-2-3-8-13(10)17-14(18)16-12-7-4-6-11(15)9-12/h2-9H,1H3,(H2,16,17,18). The lowest BCUT2D eigenvalue weighted by Gasteiger charge is -2.12. The fraction of sp³-hybridized carbons (Fsp3) is 0.0714. The molecule has 4 heteroatoms. The van der Waals surface area contributed by atoms with Gasteiger partial charge in [0.2, 0.25) is 0 Å². The molecule has 2 N–H and O–H groups in total. The summed E-state index contributed by atoms with van der Waals surface area (Å²) in [6.45, 7) is 2.05. The molecule has 0 aliphatic rings. The fourth-order valence-corrected chi connectivity index (χ4v) is 2.19. The topological polar surface area (TPSA) is 24.1 Å². The largest absolute Gasteiger partial charge is 0.332 e. The SMILES string of the molecule is Cc1ccccc1NC(=S)Nc1cccc(Br)c1. The zero-order chi connectivity index (χ0) is 13.0. The average molecular weight is 321 g/mol. The van der Waals surface area contributed by atoms with E-state index < -0.39 is 0 Å². The Morgan fingerprint density at radius 3 is 2.56 bits per heavy atom. The van der Waals surface area contributed by atoms with E-state index in [9.17, 15) is 0 Å². The van der Waals surface area contributed by atoms with Crippen LogP contribution in [-0.2, 0) is 0 Å². The number of hydrogen-bond acceptors (Lipinski definition) is 1. The van der Waals surface area contributed by atoms with Crippen molar-refractivity contribution < 1.29 is 0 Å². The van der Waals surface area contributed by atoms with Crippen molar-refractivity contribution in [1.82, 2.24) is 0 Å². The van der Waals surface area contributed by atoms with Gasteiger partial charge in [-0.3, -0.25) is 0 Å². The summed E-state index contributed by atoms with van der Waals surface area (Å²) in [6, 6.07) is 15.9. The summed E-state index contributed by atoms with van der Waals surface area (Å²) in [5.41, 5.74) is 3.14. The number of halogens is 1. The van der Waals surface area contributed by atoms with E-state index in [1.807, 2.05) is 55.5 Å². The van der Waals surface area contributed by atoms with Gasteiger partial charge < -0.3 is 10.6 Å². The molecular formula is C14H13BrN2S. The highest BCUT2D eigenvalue weighted by Crippen LogP contribution is 2.17. The van der Waals surface area contributed by atoms with E-state index in [-0.39, 0.29) is 0 Å². The normalized spacial score (nSPS) is 9.89. The first-order valence-electron chi connectivity index (χ1n) is 5.54. The molecule has 2 aromatic carbocycles. The van der Waals surface area contributed by atoms with Gasteiger partial charge in [-0.05, 0) is 49.0 Å². The number of para-hydroxylation sites is 1. The number of anilines is 2. The highest BCUT2D eigenvalue weighted by Gasteiger charge is 2.01. The second-order valence-electron chi connectivity index (χ2n) is 3.90. The van der Waals surface area contributed by atoms with Gasteiger partial charge in [0.25, 0.3) is 0 Å². The molecule has 0 atom stereocenters. The molecule has 18 heavy (non-hydrogen) atoms.